The van der Waals surface area contributed by atoms with E-state index in [4.69, 9.17) is 10.5 Å². The van der Waals surface area contributed by atoms with Gasteiger partial charge in [0.2, 0.25) is 0 Å². The molecule has 0 radical (unpaired) electrons. The predicted octanol–water partition coefficient (Wildman–Crippen LogP) is -0.0802. The van der Waals surface area contributed by atoms with Crippen molar-refractivity contribution in [2.24, 2.45) is 5.73 Å². The third kappa shape index (κ3) is 3.80. The van der Waals surface area contributed by atoms with Crippen molar-refractivity contribution in [1.29, 1.82) is 0 Å². The van der Waals surface area contributed by atoms with Gasteiger partial charge in [-0.2, -0.15) is 0 Å². The van der Waals surface area contributed by atoms with Crippen LogP contribution >= 0.6 is 0 Å². The first-order chi connectivity index (χ1) is 8.75. The average molecular weight is 249 g/mol. The van der Waals surface area contributed by atoms with Crippen LogP contribution in [0.25, 0.3) is 0 Å². The number of hydrogen-bond donors (Lipinski definition) is 2. The van der Waals surface area contributed by atoms with E-state index in [9.17, 15) is 4.79 Å². The van der Waals surface area contributed by atoms with Crippen LogP contribution < -0.4 is 11.2 Å². The summed E-state index contributed by atoms with van der Waals surface area (Å²) in [4.78, 5) is 11.9. The fourth-order valence-electron chi connectivity index (χ4n) is 1.87. The number of carbonyl (C=O) groups is 1. The molecule has 5 heteroatoms. The molecule has 1 saturated heterocycles. The summed E-state index contributed by atoms with van der Waals surface area (Å²) in [5.74, 6) is -0.138. The number of rotatable bonds is 4. The molecule has 0 saturated carbocycles. The van der Waals surface area contributed by atoms with Crippen LogP contribution in [0.5, 0.6) is 0 Å². The maximum absolute atomic E-state index is 11.9. The Bertz CT molecular complexity index is 377. The molecule has 1 aliphatic heterocycles. The van der Waals surface area contributed by atoms with Gasteiger partial charge in [0, 0.05) is 13.1 Å². The monoisotopic (exact) mass is 249 g/mol. The highest BCUT2D eigenvalue weighted by Crippen LogP contribution is 2.02. The van der Waals surface area contributed by atoms with Crippen molar-refractivity contribution in [3.63, 3.8) is 0 Å². The number of morpholine rings is 1. The molecule has 1 heterocycles. The van der Waals surface area contributed by atoms with Crippen LogP contribution in [0.1, 0.15) is 5.56 Å². The summed E-state index contributed by atoms with van der Waals surface area (Å²) in [6.45, 7) is 2.72. The number of nitrogens with zero attached hydrogens (tertiary/aromatic N) is 1. The number of nitrogens with one attached hydrogen (secondary N) is 1. The highest BCUT2D eigenvalue weighted by molar-refractivity contribution is 5.81. The maximum atomic E-state index is 11.9. The summed E-state index contributed by atoms with van der Waals surface area (Å²) >= 11 is 0. The van der Waals surface area contributed by atoms with Crippen LogP contribution in [0.3, 0.4) is 0 Å². The Balaban J connectivity index is 1.81. The molecule has 18 heavy (non-hydrogen) atoms. The number of hydrogen-bond acceptors (Lipinski definition) is 4. The summed E-state index contributed by atoms with van der Waals surface area (Å²) in [5.41, 5.74) is 9.80. The number of hydrazine groups is 1. The van der Waals surface area contributed by atoms with E-state index >= 15 is 0 Å². The second-order valence-electron chi connectivity index (χ2n) is 4.37. The molecule has 0 unspecified atom stereocenters. The van der Waals surface area contributed by atoms with Crippen molar-refractivity contribution in [1.82, 2.24) is 10.4 Å². The molecule has 0 aromatic heterocycles. The van der Waals surface area contributed by atoms with E-state index in [2.05, 4.69) is 5.43 Å². The molecule has 2 rings (SSSR count). The van der Waals surface area contributed by atoms with Gasteiger partial charge in [0.1, 0.15) is 0 Å². The Morgan fingerprint density at radius 3 is 2.67 bits per heavy atom. The number of ether oxygens (including phenoxy) is 1. The Kier molecular flexibility index (Phi) is 4.69. The van der Waals surface area contributed by atoms with Crippen molar-refractivity contribution in [2.45, 2.75) is 12.5 Å². The minimum absolute atomic E-state index is 0.138. The third-order valence-electron chi connectivity index (χ3n) is 2.91. The Hall–Kier alpha value is -1.43. The van der Waals surface area contributed by atoms with Gasteiger partial charge in [-0.1, -0.05) is 30.3 Å². The molecule has 5 nitrogen and oxygen atoms in total. The van der Waals surface area contributed by atoms with Crippen molar-refractivity contribution in [3.8, 4) is 0 Å². The number of amides is 1. The van der Waals surface area contributed by atoms with E-state index < -0.39 is 6.04 Å². The molecule has 0 bridgehead atoms. The molecule has 1 atom stereocenters. The van der Waals surface area contributed by atoms with E-state index in [-0.39, 0.29) is 5.91 Å². The molecule has 0 spiro atoms. The summed E-state index contributed by atoms with van der Waals surface area (Å²) in [5, 5.41) is 1.86. The van der Waals surface area contributed by atoms with Gasteiger partial charge in [0.15, 0.2) is 0 Å². The first-order valence-corrected chi connectivity index (χ1v) is 6.18. The van der Waals surface area contributed by atoms with Gasteiger partial charge in [0.25, 0.3) is 5.91 Å². The van der Waals surface area contributed by atoms with Crippen LogP contribution in [0.2, 0.25) is 0 Å². The van der Waals surface area contributed by atoms with Crippen LogP contribution in [-0.2, 0) is 16.0 Å². The van der Waals surface area contributed by atoms with Crippen molar-refractivity contribution >= 4 is 5.91 Å². The van der Waals surface area contributed by atoms with Crippen molar-refractivity contribution in [3.05, 3.63) is 35.9 Å². The molecular weight excluding hydrogens is 230 g/mol. The molecule has 1 aromatic carbocycles. The predicted molar refractivity (Wildman–Crippen MR) is 68.7 cm³/mol. The second kappa shape index (κ2) is 6.49. The summed E-state index contributed by atoms with van der Waals surface area (Å²) < 4.78 is 5.21. The smallest absolute Gasteiger partial charge is 0.251 e. The normalized spacial score (nSPS) is 18.3. The number of nitrogens with two attached hydrogens (primary N) is 1. The van der Waals surface area contributed by atoms with Gasteiger partial charge in [-0.3, -0.25) is 10.2 Å². The van der Waals surface area contributed by atoms with E-state index in [0.717, 1.165) is 5.56 Å². The summed E-state index contributed by atoms with van der Waals surface area (Å²) in [6.07, 6.45) is 0.553. The first kappa shape index (κ1) is 13.0. The number of carbonyl (C=O) groups excluding carboxylic acids is 1. The van der Waals surface area contributed by atoms with E-state index in [0.29, 0.717) is 32.7 Å². The van der Waals surface area contributed by atoms with Gasteiger partial charge in [-0.25, -0.2) is 5.01 Å². The largest absolute Gasteiger partial charge is 0.379 e. The Morgan fingerprint density at radius 2 is 2.00 bits per heavy atom. The van der Waals surface area contributed by atoms with Crippen LogP contribution in [0, 0.1) is 0 Å². The van der Waals surface area contributed by atoms with E-state index in [1.54, 1.807) is 0 Å². The molecular formula is C13H19N3O2. The lowest BCUT2D eigenvalue weighted by Crippen LogP contribution is -2.53. The average Bonchev–Trinajstić information content (AvgIpc) is 2.41. The molecule has 1 aliphatic rings. The van der Waals surface area contributed by atoms with Gasteiger partial charge in [-0.05, 0) is 12.0 Å². The lowest BCUT2D eigenvalue weighted by molar-refractivity contribution is -0.129. The quantitative estimate of drug-likeness (QED) is 0.783. The lowest BCUT2D eigenvalue weighted by atomic mass is 10.1. The van der Waals surface area contributed by atoms with Crippen LogP contribution in [0.15, 0.2) is 30.3 Å². The van der Waals surface area contributed by atoms with Gasteiger partial charge in [0.05, 0.1) is 19.3 Å². The topological polar surface area (TPSA) is 67.6 Å². The Labute approximate surface area is 107 Å². The molecule has 1 aromatic rings. The fraction of sp³-hybridized carbons (Fsp3) is 0.462. The van der Waals surface area contributed by atoms with Crippen molar-refractivity contribution < 1.29 is 9.53 Å². The van der Waals surface area contributed by atoms with E-state index in [1.807, 2.05) is 35.3 Å². The zero-order valence-corrected chi connectivity index (χ0v) is 10.3. The fourth-order valence-corrected chi connectivity index (χ4v) is 1.87. The van der Waals surface area contributed by atoms with E-state index in [1.165, 1.54) is 0 Å². The zero-order valence-electron chi connectivity index (χ0n) is 10.3. The second-order valence-corrected chi connectivity index (χ2v) is 4.37. The lowest BCUT2D eigenvalue weighted by Gasteiger charge is -2.28. The molecule has 1 amide bonds. The van der Waals surface area contributed by atoms with Crippen LogP contribution in [-0.4, -0.2) is 43.3 Å². The molecule has 3 N–H and O–H groups in total. The van der Waals surface area contributed by atoms with Gasteiger partial charge < -0.3 is 10.5 Å². The third-order valence-corrected chi connectivity index (χ3v) is 2.91. The SMILES string of the molecule is N[C@H](Cc1ccccc1)C(=O)NN1CCOCC1. The highest BCUT2D eigenvalue weighted by Gasteiger charge is 2.18. The molecule has 1 fully saturated rings. The minimum atomic E-state index is -0.518. The molecule has 0 aliphatic carbocycles. The van der Waals surface area contributed by atoms with Gasteiger partial charge >= 0.3 is 0 Å². The number of benzene rings is 1. The summed E-state index contributed by atoms with van der Waals surface area (Å²) in [7, 11) is 0. The highest BCUT2D eigenvalue weighted by atomic mass is 16.5. The van der Waals surface area contributed by atoms with Crippen molar-refractivity contribution in [2.75, 3.05) is 26.3 Å². The first-order valence-electron chi connectivity index (χ1n) is 6.18. The Morgan fingerprint density at radius 1 is 1.33 bits per heavy atom. The zero-order chi connectivity index (χ0) is 12.8. The summed E-state index contributed by atoms with van der Waals surface area (Å²) in [6, 6.07) is 9.27. The minimum Gasteiger partial charge on any atom is -0.379 e. The standard InChI is InChI=1S/C13H19N3O2/c14-12(10-11-4-2-1-3-5-11)13(17)15-16-6-8-18-9-7-16/h1-5,12H,6-10,14H2,(H,15,17)/t12-/m1/s1. The maximum Gasteiger partial charge on any atom is 0.251 e. The molecule has 98 valence electrons. The van der Waals surface area contributed by atoms with Crippen LogP contribution in [0.4, 0.5) is 0 Å². The van der Waals surface area contributed by atoms with Gasteiger partial charge in [-0.15, -0.1) is 0 Å².